The smallest absolute Gasteiger partial charge is 0.305 e. The number of piperazine rings is 1. The van der Waals surface area contributed by atoms with Gasteiger partial charge in [0, 0.05) is 43.7 Å². The molecule has 1 aromatic heterocycles. The van der Waals surface area contributed by atoms with Gasteiger partial charge in [0.05, 0.1) is 19.8 Å². The van der Waals surface area contributed by atoms with E-state index < -0.39 is 0 Å². The third-order valence-electron chi connectivity index (χ3n) is 8.03. The van der Waals surface area contributed by atoms with E-state index in [1.165, 1.54) is 24.0 Å². The monoisotopic (exact) mass is 562 g/mol. The molecule has 2 heterocycles. The van der Waals surface area contributed by atoms with Crippen LogP contribution in [-0.4, -0.2) is 81.4 Å². The van der Waals surface area contributed by atoms with Gasteiger partial charge in [-0.05, 0) is 80.3 Å². The molecule has 0 N–H and O–H groups in total. The SMILES string of the molecule is CCCCN1C[C@H](C)N([C@H](c2ccc(-c3nnnn3CCCCC(=O)OCC)cc2)c2cccc(OC)c2)C[C@H]1C. The lowest BCUT2D eigenvalue weighted by molar-refractivity contribution is -0.143. The minimum atomic E-state index is -0.156. The Morgan fingerprint density at radius 1 is 0.976 bits per heavy atom. The highest BCUT2D eigenvalue weighted by Gasteiger charge is 2.34. The molecule has 1 saturated heterocycles. The maximum absolute atomic E-state index is 11.6. The molecule has 0 aliphatic carbocycles. The van der Waals surface area contributed by atoms with Crippen molar-refractivity contribution < 1.29 is 14.3 Å². The van der Waals surface area contributed by atoms with Crippen LogP contribution in [0.2, 0.25) is 0 Å². The zero-order chi connectivity index (χ0) is 29.2. The molecule has 0 amide bonds. The molecular formula is C32H46N6O3. The Morgan fingerprint density at radius 2 is 1.78 bits per heavy atom. The van der Waals surface area contributed by atoms with Crippen molar-refractivity contribution in [1.29, 1.82) is 0 Å². The van der Waals surface area contributed by atoms with Gasteiger partial charge in [0.1, 0.15) is 5.75 Å². The lowest BCUT2D eigenvalue weighted by Crippen LogP contribution is -2.57. The largest absolute Gasteiger partial charge is 0.497 e. The third-order valence-corrected chi connectivity index (χ3v) is 8.03. The first-order chi connectivity index (χ1) is 19.9. The Labute approximate surface area is 244 Å². The number of hydrogen-bond donors (Lipinski definition) is 0. The van der Waals surface area contributed by atoms with E-state index >= 15 is 0 Å². The summed E-state index contributed by atoms with van der Waals surface area (Å²) in [6, 6.07) is 18.1. The van der Waals surface area contributed by atoms with Crippen molar-refractivity contribution in [3.05, 3.63) is 59.7 Å². The lowest BCUT2D eigenvalue weighted by Gasteiger charge is -2.47. The Kier molecular flexibility index (Phi) is 11.3. The van der Waals surface area contributed by atoms with Gasteiger partial charge in [-0.15, -0.1) is 5.10 Å². The molecule has 222 valence electrons. The molecule has 3 atom stereocenters. The summed E-state index contributed by atoms with van der Waals surface area (Å²) in [5, 5.41) is 12.4. The second-order valence-electron chi connectivity index (χ2n) is 11.0. The Bertz CT molecular complexity index is 1230. The van der Waals surface area contributed by atoms with Crippen LogP contribution in [0.3, 0.4) is 0 Å². The van der Waals surface area contributed by atoms with Gasteiger partial charge in [0.25, 0.3) is 0 Å². The minimum absolute atomic E-state index is 0.101. The minimum Gasteiger partial charge on any atom is -0.497 e. The number of aromatic nitrogens is 4. The fraction of sp³-hybridized carbons (Fsp3) is 0.562. The number of carbonyl (C=O) groups excluding carboxylic acids is 1. The number of methoxy groups -OCH3 is 1. The Morgan fingerprint density at radius 3 is 2.51 bits per heavy atom. The number of carbonyl (C=O) groups is 1. The summed E-state index contributed by atoms with van der Waals surface area (Å²) in [6.45, 7) is 13.1. The van der Waals surface area contributed by atoms with E-state index in [0.29, 0.717) is 31.7 Å². The fourth-order valence-corrected chi connectivity index (χ4v) is 5.79. The summed E-state index contributed by atoms with van der Waals surface area (Å²) < 4.78 is 12.5. The number of unbranched alkanes of at least 4 members (excludes halogenated alkanes) is 2. The summed E-state index contributed by atoms with van der Waals surface area (Å²) in [4.78, 5) is 16.9. The highest BCUT2D eigenvalue weighted by molar-refractivity contribution is 5.69. The van der Waals surface area contributed by atoms with Crippen molar-refractivity contribution in [2.24, 2.45) is 0 Å². The number of ether oxygens (including phenoxy) is 2. The normalized spacial score (nSPS) is 18.8. The van der Waals surface area contributed by atoms with E-state index in [4.69, 9.17) is 9.47 Å². The van der Waals surface area contributed by atoms with Gasteiger partial charge in [-0.1, -0.05) is 49.7 Å². The molecule has 0 bridgehead atoms. The number of tetrazole rings is 1. The van der Waals surface area contributed by atoms with Crippen molar-refractivity contribution in [2.45, 2.75) is 84.5 Å². The van der Waals surface area contributed by atoms with Gasteiger partial charge < -0.3 is 9.47 Å². The molecule has 1 fully saturated rings. The zero-order valence-electron chi connectivity index (χ0n) is 25.3. The van der Waals surface area contributed by atoms with Crippen LogP contribution in [-0.2, 0) is 16.1 Å². The van der Waals surface area contributed by atoms with Crippen LogP contribution in [0.15, 0.2) is 48.5 Å². The van der Waals surface area contributed by atoms with Crippen LogP contribution in [0.4, 0.5) is 0 Å². The molecule has 0 spiro atoms. The molecule has 9 heteroatoms. The van der Waals surface area contributed by atoms with Gasteiger partial charge in [-0.3, -0.25) is 14.6 Å². The van der Waals surface area contributed by atoms with E-state index in [0.717, 1.165) is 49.6 Å². The first-order valence-electron chi connectivity index (χ1n) is 15.1. The van der Waals surface area contributed by atoms with E-state index in [1.54, 1.807) is 7.11 Å². The maximum atomic E-state index is 11.6. The second-order valence-corrected chi connectivity index (χ2v) is 11.0. The van der Waals surface area contributed by atoms with Crippen LogP contribution in [0, 0.1) is 0 Å². The predicted molar refractivity (Wildman–Crippen MR) is 161 cm³/mol. The number of hydrogen-bond acceptors (Lipinski definition) is 8. The molecule has 4 rings (SSSR count). The van der Waals surface area contributed by atoms with Crippen LogP contribution in [0.5, 0.6) is 5.75 Å². The highest BCUT2D eigenvalue weighted by atomic mass is 16.5. The van der Waals surface area contributed by atoms with Gasteiger partial charge in [0.2, 0.25) is 0 Å². The van der Waals surface area contributed by atoms with E-state index in [9.17, 15) is 4.79 Å². The van der Waals surface area contributed by atoms with Crippen molar-refractivity contribution >= 4 is 5.97 Å². The predicted octanol–water partition coefficient (Wildman–Crippen LogP) is 5.37. The topological polar surface area (TPSA) is 85.6 Å². The van der Waals surface area contributed by atoms with Crippen LogP contribution < -0.4 is 4.74 Å². The summed E-state index contributed by atoms with van der Waals surface area (Å²) >= 11 is 0. The van der Waals surface area contributed by atoms with Crippen molar-refractivity contribution in [2.75, 3.05) is 33.4 Å². The van der Waals surface area contributed by atoms with Crippen molar-refractivity contribution in [1.82, 2.24) is 30.0 Å². The van der Waals surface area contributed by atoms with Gasteiger partial charge >= 0.3 is 5.97 Å². The summed E-state index contributed by atoms with van der Waals surface area (Å²) in [5.74, 6) is 1.45. The standard InChI is InChI=1S/C32H46N6O3/c1-6-8-19-36-22-25(4)37(23-24(36)3)31(28-12-11-13-29(21-28)40-5)26-15-17-27(18-16-26)32-33-34-35-38(32)20-10-9-14-30(39)41-7-2/h11-13,15-18,21,24-25,31H,6-10,14,19-20,22-23H2,1-5H3/t24-,25+,31-/m1/s1. The second kappa shape index (κ2) is 15.1. The molecular weight excluding hydrogens is 516 g/mol. The Balaban J connectivity index is 1.54. The maximum Gasteiger partial charge on any atom is 0.305 e. The molecule has 0 saturated carbocycles. The van der Waals surface area contributed by atoms with Crippen molar-refractivity contribution in [3.8, 4) is 17.1 Å². The van der Waals surface area contributed by atoms with E-state index in [2.05, 4.69) is 88.6 Å². The molecule has 41 heavy (non-hydrogen) atoms. The number of esters is 1. The molecule has 2 aromatic carbocycles. The number of rotatable bonds is 14. The molecule has 1 aliphatic heterocycles. The summed E-state index contributed by atoms with van der Waals surface area (Å²) in [6.07, 6.45) is 4.41. The average Bonchev–Trinajstić information content (AvgIpc) is 3.45. The molecule has 3 aromatic rings. The van der Waals surface area contributed by atoms with Gasteiger partial charge in [-0.25, -0.2) is 4.68 Å². The highest BCUT2D eigenvalue weighted by Crippen LogP contribution is 2.35. The Hall–Kier alpha value is -3.30. The van der Waals surface area contributed by atoms with E-state index in [1.807, 2.05) is 17.7 Å². The summed E-state index contributed by atoms with van der Waals surface area (Å²) in [5.41, 5.74) is 3.43. The van der Waals surface area contributed by atoms with Crippen LogP contribution in [0.1, 0.15) is 77.0 Å². The number of benzene rings is 2. The third kappa shape index (κ3) is 7.92. The average molecular weight is 563 g/mol. The van der Waals surface area contributed by atoms with Crippen LogP contribution >= 0.6 is 0 Å². The van der Waals surface area contributed by atoms with Crippen LogP contribution in [0.25, 0.3) is 11.4 Å². The van der Waals surface area contributed by atoms with Gasteiger partial charge in [-0.2, -0.15) is 0 Å². The number of aryl methyl sites for hydroxylation is 1. The molecule has 9 nitrogen and oxygen atoms in total. The quantitative estimate of drug-likeness (QED) is 0.192. The molecule has 0 radical (unpaired) electrons. The number of nitrogens with zero attached hydrogens (tertiary/aromatic N) is 6. The molecule has 1 aliphatic rings. The van der Waals surface area contributed by atoms with Crippen molar-refractivity contribution in [3.63, 3.8) is 0 Å². The van der Waals surface area contributed by atoms with E-state index in [-0.39, 0.29) is 12.0 Å². The van der Waals surface area contributed by atoms with Gasteiger partial charge in [0.15, 0.2) is 5.82 Å². The first kappa shape index (κ1) is 30.7. The zero-order valence-corrected chi connectivity index (χ0v) is 25.3. The fourth-order valence-electron chi connectivity index (χ4n) is 5.79. The first-order valence-corrected chi connectivity index (χ1v) is 15.1. The molecule has 0 unspecified atom stereocenters. The lowest BCUT2D eigenvalue weighted by atomic mass is 9.92. The summed E-state index contributed by atoms with van der Waals surface area (Å²) in [7, 11) is 1.72.